The van der Waals surface area contributed by atoms with Gasteiger partial charge >= 0.3 is 7.82 Å². The van der Waals surface area contributed by atoms with Gasteiger partial charge in [0, 0.05) is 0 Å². The number of phosphoric ester groups is 1. The summed E-state index contributed by atoms with van der Waals surface area (Å²) in [6.07, 6.45) is 9.69. The summed E-state index contributed by atoms with van der Waals surface area (Å²) in [5.41, 5.74) is 0. The van der Waals surface area contributed by atoms with Gasteiger partial charge in [-0.2, -0.15) is 4.67 Å². The summed E-state index contributed by atoms with van der Waals surface area (Å²) in [7, 11) is -5.31. The van der Waals surface area contributed by atoms with Crippen LogP contribution in [0.1, 0.15) is 71.6 Å². The fraction of sp³-hybridized carbons (Fsp3) is 1.00. The number of rotatable bonds is 17. The summed E-state index contributed by atoms with van der Waals surface area (Å²) in [5, 5.41) is 13.8. The molecule has 0 aliphatic heterocycles. The fourth-order valence-corrected chi connectivity index (χ4v) is 3.39. The van der Waals surface area contributed by atoms with Crippen molar-refractivity contribution in [2.45, 2.75) is 83.6 Å². The molecule has 0 spiro atoms. The van der Waals surface area contributed by atoms with Crippen molar-refractivity contribution in [3.05, 3.63) is 0 Å². The van der Waals surface area contributed by atoms with Crippen molar-refractivity contribution >= 4 is 16.6 Å². The van der Waals surface area contributed by atoms with E-state index in [2.05, 4.69) is 21.2 Å². The van der Waals surface area contributed by atoms with Gasteiger partial charge in [-0.25, -0.2) is 9.45 Å². The smallest absolute Gasteiger partial charge is 0.390 e. The van der Waals surface area contributed by atoms with Gasteiger partial charge in [0.15, 0.2) is 0 Å². The van der Waals surface area contributed by atoms with Crippen LogP contribution >= 0.6 is 16.6 Å². The molecule has 8 nitrogen and oxygen atoms in total. The fourth-order valence-electron chi connectivity index (χ4n) is 1.95. The summed E-state index contributed by atoms with van der Waals surface area (Å²) >= 11 is 0. The molecule has 3 N–H and O–H groups in total. The Bertz CT molecular complexity index is 324. The lowest BCUT2D eigenvalue weighted by molar-refractivity contribution is -0.463. The highest BCUT2D eigenvalue weighted by molar-refractivity contribution is 7.47. The summed E-state index contributed by atoms with van der Waals surface area (Å²) in [6.45, 7) is 3.92. The highest BCUT2D eigenvalue weighted by Crippen LogP contribution is 2.43. The SMILES string of the molecule is CCCCCCCCCCCOOOPC(OP(=O)(O)O)C(C)O. The maximum absolute atomic E-state index is 10.7. The van der Waals surface area contributed by atoms with Gasteiger partial charge in [-0.15, -0.1) is 0 Å². The summed E-state index contributed by atoms with van der Waals surface area (Å²) in [4.78, 5) is 22.2. The molecule has 146 valence electrons. The number of unbranched alkanes of at least 4 members (excludes halogenated alkanes) is 8. The Balaban J connectivity index is 3.41. The molecular formula is C14H32O8P2. The zero-order valence-corrected chi connectivity index (χ0v) is 16.5. The molecule has 0 aliphatic rings. The average molecular weight is 390 g/mol. The van der Waals surface area contributed by atoms with Gasteiger partial charge in [0.05, 0.1) is 21.5 Å². The molecule has 10 heteroatoms. The Morgan fingerprint density at radius 1 is 1.00 bits per heavy atom. The third-order valence-electron chi connectivity index (χ3n) is 3.27. The van der Waals surface area contributed by atoms with Crippen molar-refractivity contribution in [3.63, 3.8) is 0 Å². The Labute approximate surface area is 146 Å². The molecule has 24 heavy (non-hydrogen) atoms. The molecule has 3 atom stereocenters. The van der Waals surface area contributed by atoms with Crippen LogP contribution in [0.15, 0.2) is 0 Å². The van der Waals surface area contributed by atoms with E-state index in [-0.39, 0.29) is 0 Å². The molecule has 0 saturated carbocycles. The van der Waals surface area contributed by atoms with Crippen molar-refractivity contribution in [3.8, 4) is 0 Å². The van der Waals surface area contributed by atoms with E-state index < -0.39 is 28.6 Å². The zero-order chi connectivity index (χ0) is 18.3. The maximum Gasteiger partial charge on any atom is 0.470 e. The lowest BCUT2D eigenvalue weighted by Gasteiger charge is -2.19. The van der Waals surface area contributed by atoms with Gasteiger partial charge in [0.1, 0.15) is 5.85 Å². The van der Waals surface area contributed by atoms with E-state index in [0.29, 0.717) is 6.61 Å². The van der Waals surface area contributed by atoms with Crippen LogP contribution in [0, 0.1) is 0 Å². The molecule has 0 aromatic carbocycles. The van der Waals surface area contributed by atoms with Crippen molar-refractivity contribution in [1.29, 1.82) is 0 Å². The molecule has 0 saturated heterocycles. The molecule has 0 radical (unpaired) electrons. The lowest BCUT2D eigenvalue weighted by atomic mass is 10.1. The van der Waals surface area contributed by atoms with E-state index in [9.17, 15) is 9.67 Å². The van der Waals surface area contributed by atoms with Crippen molar-refractivity contribution in [2.24, 2.45) is 0 Å². The van der Waals surface area contributed by atoms with Gasteiger partial charge in [-0.1, -0.05) is 63.3 Å². The molecule has 3 unspecified atom stereocenters. The van der Waals surface area contributed by atoms with Gasteiger partial charge in [0.25, 0.3) is 0 Å². The van der Waals surface area contributed by atoms with E-state index in [4.69, 9.17) is 14.7 Å². The quantitative estimate of drug-likeness (QED) is 0.149. The van der Waals surface area contributed by atoms with E-state index in [0.717, 1.165) is 19.3 Å². The third-order valence-corrected chi connectivity index (χ3v) is 4.96. The first kappa shape index (κ1) is 24.4. The van der Waals surface area contributed by atoms with E-state index in [1.807, 2.05) is 0 Å². The third kappa shape index (κ3) is 17.2. The van der Waals surface area contributed by atoms with Gasteiger partial charge in [-0.3, -0.25) is 4.52 Å². The predicted octanol–water partition coefficient (Wildman–Crippen LogP) is 3.81. The van der Waals surface area contributed by atoms with Crippen LogP contribution in [0.2, 0.25) is 0 Å². The van der Waals surface area contributed by atoms with Crippen LogP contribution in [0.5, 0.6) is 0 Å². The highest BCUT2D eigenvalue weighted by atomic mass is 31.2. The van der Waals surface area contributed by atoms with Crippen molar-refractivity contribution < 1.29 is 38.6 Å². The Morgan fingerprint density at radius 2 is 1.54 bits per heavy atom. The first-order valence-corrected chi connectivity index (χ1v) is 11.0. The average Bonchev–Trinajstić information content (AvgIpc) is 2.49. The summed E-state index contributed by atoms with van der Waals surface area (Å²) in [5.74, 6) is -1.18. The lowest BCUT2D eigenvalue weighted by Crippen LogP contribution is -2.21. The van der Waals surface area contributed by atoms with Crippen LogP contribution in [-0.4, -0.2) is 33.4 Å². The molecule has 0 amide bonds. The zero-order valence-electron chi connectivity index (χ0n) is 14.6. The minimum absolute atomic E-state index is 0.374. The topological polar surface area (TPSA) is 115 Å². The highest BCUT2D eigenvalue weighted by Gasteiger charge is 2.27. The first-order chi connectivity index (χ1) is 11.4. The second kappa shape index (κ2) is 15.6. The second-order valence-corrected chi connectivity index (χ2v) is 7.84. The monoisotopic (exact) mass is 390 g/mol. The molecule has 0 heterocycles. The molecule has 0 aromatic rings. The standard InChI is InChI=1S/C14H32O8P2/c1-3-4-5-6-7-8-9-10-11-12-19-21-22-23-14(13(2)15)20-24(16,17)18/h13-15,23H,3-12H2,1-2H3,(H2,16,17,18). The number of phosphoric acid groups is 1. The number of aliphatic hydroxyl groups is 1. The van der Waals surface area contributed by atoms with Crippen LogP contribution in [0.3, 0.4) is 0 Å². The summed E-state index contributed by atoms with van der Waals surface area (Å²) in [6, 6.07) is 0. The molecule has 0 fully saturated rings. The molecule has 0 aromatic heterocycles. The van der Waals surface area contributed by atoms with Crippen LogP contribution in [0.4, 0.5) is 0 Å². The maximum atomic E-state index is 10.7. The molecule has 0 aliphatic carbocycles. The van der Waals surface area contributed by atoms with Crippen LogP contribution in [0.25, 0.3) is 0 Å². The molecule has 0 rings (SSSR count). The van der Waals surface area contributed by atoms with Gasteiger partial charge in [0.2, 0.25) is 0 Å². The van der Waals surface area contributed by atoms with Gasteiger partial charge in [-0.05, 0) is 13.3 Å². The number of hydrogen-bond acceptors (Lipinski definition) is 6. The van der Waals surface area contributed by atoms with Crippen LogP contribution in [-0.2, 0) is 23.7 Å². The minimum Gasteiger partial charge on any atom is -0.390 e. The Morgan fingerprint density at radius 3 is 2.04 bits per heavy atom. The molecular weight excluding hydrogens is 358 g/mol. The Kier molecular flexibility index (Phi) is 15.9. The second-order valence-electron chi connectivity index (χ2n) is 5.68. The minimum atomic E-state index is -4.69. The van der Waals surface area contributed by atoms with E-state index in [1.54, 1.807) is 0 Å². The largest absolute Gasteiger partial charge is 0.470 e. The first-order valence-electron chi connectivity index (χ1n) is 8.49. The Hall–Kier alpha value is 0.380. The van der Waals surface area contributed by atoms with Crippen molar-refractivity contribution in [1.82, 2.24) is 0 Å². The van der Waals surface area contributed by atoms with E-state index >= 15 is 0 Å². The van der Waals surface area contributed by atoms with Crippen LogP contribution < -0.4 is 0 Å². The molecule has 0 bridgehead atoms. The van der Waals surface area contributed by atoms with Crippen molar-refractivity contribution in [2.75, 3.05) is 6.61 Å². The predicted molar refractivity (Wildman–Crippen MR) is 92.3 cm³/mol. The number of hydrogen-bond donors (Lipinski definition) is 3. The summed E-state index contributed by atoms with van der Waals surface area (Å²) < 4.78 is 19.8. The number of aliphatic hydroxyl groups excluding tert-OH is 1. The van der Waals surface area contributed by atoms with Gasteiger partial charge < -0.3 is 14.9 Å². The normalized spacial score (nSPS) is 15.2. The van der Waals surface area contributed by atoms with E-state index in [1.165, 1.54) is 45.4 Å².